The molecule has 1 saturated heterocycles. The number of nitrogens with zero attached hydrogens (tertiary/aromatic N) is 1. The van der Waals surface area contributed by atoms with E-state index in [4.69, 9.17) is 9.47 Å². The van der Waals surface area contributed by atoms with Crippen LogP contribution in [0.5, 0.6) is 0 Å². The number of thiophene rings is 1. The number of carbonyl (C=O) groups is 1. The molecule has 0 spiro atoms. The summed E-state index contributed by atoms with van der Waals surface area (Å²) >= 11 is 1.17. The number of methoxy groups -OCH3 is 1. The molecule has 25 heavy (non-hydrogen) atoms. The van der Waals surface area contributed by atoms with Gasteiger partial charge in [0.15, 0.2) is 0 Å². The van der Waals surface area contributed by atoms with Crippen LogP contribution in [0.1, 0.15) is 24.1 Å². The standard InChI is InChI=1S/C16H26N2O5S2/c1-22-11-12-23-10-7-17-15(19)13-14-5-6-16(24-14)25(20,21)18-8-3-2-4-9-18/h5-6H,2-4,7-13H2,1H3,(H,17,19). The highest BCUT2D eigenvalue weighted by Crippen LogP contribution is 2.27. The summed E-state index contributed by atoms with van der Waals surface area (Å²) in [5, 5.41) is 2.76. The van der Waals surface area contributed by atoms with Gasteiger partial charge in [-0.25, -0.2) is 8.42 Å². The molecule has 2 rings (SSSR count). The lowest BCUT2D eigenvalue weighted by Gasteiger charge is -2.25. The summed E-state index contributed by atoms with van der Waals surface area (Å²) in [5.41, 5.74) is 0. The van der Waals surface area contributed by atoms with Crippen molar-refractivity contribution in [1.82, 2.24) is 9.62 Å². The van der Waals surface area contributed by atoms with Crippen LogP contribution in [0.3, 0.4) is 0 Å². The summed E-state index contributed by atoms with van der Waals surface area (Å²) in [4.78, 5) is 12.7. The Morgan fingerprint density at radius 1 is 1.20 bits per heavy atom. The van der Waals surface area contributed by atoms with E-state index in [1.54, 1.807) is 23.5 Å². The van der Waals surface area contributed by atoms with Gasteiger partial charge in [-0.05, 0) is 25.0 Å². The van der Waals surface area contributed by atoms with E-state index in [1.807, 2.05) is 0 Å². The van der Waals surface area contributed by atoms with Gasteiger partial charge >= 0.3 is 0 Å². The first-order valence-corrected chi connectivity index (χ1v) is 10.7. The van der Waals surface area contributed by atoms with E-state index >= 15 is 0 Å². The van der Waals surface area contributed by atoms with E-state index in [-0.39, 0.29) is 12.3 Å². The third-order valence-electron chi connectivity index (χ3n) is 3.88. The van der Waals surface area contributed by atoms with Gasteiger partial charge in [-0.1, -0.05) is 6.42 Å². The summed E-state index contributed by atoms with van der Waals surface area (Å²) in [6.07, 6.45) is 3.08. The van der Waals surface area contributed by atoms with Crippen LogP contribution in [0.2, 0.25) is 0 Å². The third-order valence-corrected chi connectivity index (χ3v) is 7.33. The lowest BCUT2D eigenvalue weighted by atomic mass is 10.2. The lowest BCUT2D eigenvalue weighted by molar-refractivity contribution is -0.120. The normalized spacial score (nSPS) is 16.0. The molecule has 0 unspecified atom stereocenters. The Kier molecular flexibility index (Phi) is 8.31. The Hall–Kier alpha value is -1.00. The van der Waals surface area contributed by atoms with Crippen molar-refractivity contribution in [3.8, 4) is 0 Å². The van der Waals surface area contributed by atoms with Gasteiger partial charge in [-0.2, -0.15) is 4.31 Å². The summed E-state index contributed by atoms with van der Waals surface area (Å²) < 4.78 is 37.2. The number of carbonyl (C=O) groups excluding carboxylic acids is 1. The van der Waals surface area contributed by atoms with Gasteiger partial charge in [0.2, 0.25) is 5.91 Å². The van der Waals surface area contributed by atoms with Crippen molar-refractivity contribution >= 4 is 27.3 Å². The molecule has 0 atom stereocenters. The molecule has 0 saturated carbocycles. The molecule has 1 N–H and O–H groups in total. The maximum Gasteiger partial charge on any atom is 0.252 e. The molecule has 7 nitrogen and oxygen atoms in total. The minimum absolute atomic E-state index is 0.140. The van der Waals surface area contributed by atoms with Crippen LogP contribution >= 0.6 is 11.3 Å². The van der Waals surface area contributed by atoms with E-state index in [9.17, 15) is 13.2 Å². The number of ether oxygens (including phenoxy) is 2. The molecule has 142 valence electrons. The van der Waals surface area contributed by atoms with Crippen molar-refractivity contribution in [3.05, 3.63) is 17.0 Å². The van der Waals surface area contributed by atoms with Gasteiger partial charge in [0, 0.05) is 31.6 Å². The number of hydrogen-bond donors (Lipinski definition) is 1. The molecule has 0 aromatic carbocycles. The topological polar surface area (TPSA) is 84.9 Å². The SMILES string of the molecule is COCCOCCNC(=O)Cc1ccc(S(=O)(=O)N2CCCCC2)s1. The fourth-order valence-corrected chi connectivity index (χ4v) is 5.58. The number of nitrogens with one attached hydrogen (secondary N) is 1. The van der Waals surface area contributed by atoms with Crippen molar-refractivity contribution in [3.63, 3.8) is 0 Å². The Bertz CT molecular complexity index is 639. The number of sulfonamides is 1. The highest BCUT2D eigenvalue weighted by molar-refractivity contribution is 7.91. The molecule has 1 aromatic heterocycles. The maximum atomic E-state index is 12.6. The van der Waals surface area contributed by atoms with Crippen molar-refractivity contribution in [2.24, 2.45) is 0 Å². The van der Waals surface area contributed by atoms with Crippen LogP contribution in [0.4, 0.5) is 0 Å². The van der Waals surface area contributed by atoms with E-state index in [1.165, 1.54) is 11.3 Å². The van der Waals surface area contributed by atoms with E-state index in [2.05, 4.69) is 5.32 Å². The first-order chi connectivity index (χ1) is 12.0. The molecular weight excluding hydrogens is 364 g/mol. The largest absolute Gasteiger partial charge is 0.382 e. The molecule has 1 amide bonds. The first-order valence-electron chi connectivity index (χ1n) is 8.46. The minimum Gasteiger partial charge on any atom is -0.382 e. The zero-order chi connectivity index (χ0) is 18.1. The average Bonchev–Trinajstić information content (AvgIpc) is 3.08. The number of rotatable bonds is 10. The highest BCUT2D eigenvalue weighted by Gasteiger charge is 2.27. The molecule has 1 aliphatic rings. The Balaban J connectivity index is 1.79. The van der Waals surface area contributed by atoms with Gasteiger partial charge in [-0.15, -0.1) is 11.3 Å². The molecule has 0 aliphatic carbocycles. The zero-order valence-electron chi connectivity index (χ0n) is 14.5. The number of amides is 1. The highest BCUT2D eigenvalue weighted by atomic mass is 32.2. The van der Waals surface area contributed by atoms with Crippen LogP contribution in [-0.2, 0) is 30.7 Å². The summed E-state index contributed by atoms with van der Waals surface area (Å²) in [5.74, 6) is -0.140. The minimum atomic E-state index is -3.42. The molecule has 1 aliphatic heterocycles. The maximum absolute atomic E-state index is 12.6. The summed E-state index contributed by atoms with van der Waals surface area (Å²) in [6.45, 7) is 3.03. The Morgan fingerprint density at radius 3 is 2.68 bits per heavy atom. The quantitative estimate of drug-likeness (QED) is 0.608. The van der Waals surface area contributed by atoms with Gasteiger partial charge in [0.25, 0.3) is 10.0 Å². The second-order valence-corrected chi connectivity index (χ2v) is 9.15. The van der Waals surface area contributed by atoms with Crippen LogP contribution in [-0.4, -0.2) is 65.2 Å². The van der Waals surface area contributed by atoms with Gasteiger partial charge in [-0.3, -0.25) is 4.79 Å². The summed E-state index contributed by atoms with van der Waals surface area (Å²) in [7, 11) is -1.82. The van der Waals surface area contributed by atoms with E-state index < -0.39 is 10.0 Å². The zero-order valence-corrected chi connectivity index (χ0v) is 16.2. The van der Waals surface area contributed by atoms with Crippen LogP contribution in [0, 0.1) is 0 Å². The van der Waals surface area contributed by atoms with Crippen molar-refractivity contribution < 1.29 is 22.7 Å². The van der Waals surface area contributed by atoms with Crippen molar-refractivity contribution in [1.29, 1.82) is 0 Å². The lowest BCUT2D eigenvalue weighted by Crippen LogP contribution is -2.35. The molecule has 1 fully saturated rings. The van der Waals surface area contributed by atoms with E-state index in [0.717, 1.165) is 24.1 Å². The van der Waals surface area contributed by atoms with Gasteiger partial charge in [0.05, 0.1) is 26.2 Å². The molecule has 2 heterocycles. The third kappa shape index (κ3) is 6.34. The predicted octanol–water partition coefficient (Wildman–Crippen LogP) is 1.24. The van der Waals surface area contributed by atoms with Crippen molar-refractivity contribution in [2.75, 3.05) is 46.6 Å². The Morgan fingerprint density at radius 2 is 1.96 bits per heavy atom. The molecule has 0 radical (unpaired) electrons. The molecule has 1 aromatic rings. The molecule has 0 bridgehead atoms. The summed E-state index contributed by atoms with van der Waals surface area (Å²) in [6, 6.07) is 3.32. The van der Waals surface area contributed by atoms with Crippen LogP contribution in [0.15, 0.2) is 16.3 Å². The fraction of sp³-hybridized carbons (Fsp3) is 0.688. The second kappa shape index (κ2) is 10.2. The molecular formula is C16H26N2O5S2. The van der Waals surface area contributed by atoms with Crippen molar-refractivity contribution in [2.45, 2.75) is 29.9 Å². The van der Waals surface area contributed by atoms with Crippen LogP contribution < -0.4 is 5.32 Å². The monoisotopic (exact) mass is 390 g/mol. The fourth-order valence-electron chi connectivity index (χ4n) is 2.55. The smallest absolute Gasteiger partial charge is 0.252 e. The second-order valence-electron chi connectivity index (χ2n) is 5.82. The van der Waals surface area contributed by atoms with E-state index in [0.29, 0.717) is 43.7 Å². The van der Waals surface area contributed by atoms with Gasteiger partial charge < -0.3 is 14.8 Å². The predicted molar refractivity (Wildman–Crippen MR) is 96.3 cm³/mol. The number of piperidine rings is 1. The number of hydrogen-bond acceptors (Lipinski definition) is 6. The van der Waals surface area contributed by atoms with Crippen LogP contribution in [0.25, 0.3) is 0 Å². The Labute approximate surface area is 153 Å². The molecule has 9 heteroatoms. The van der Waals surface area contributed by atoms with Gasteiger partial charge in [0.1, 0.15) is 4.21 Å². The first kappa shape index (κ1) is 20.3. The average molecular weight is 391 g/mol.